The topological polar surface area (TPSA) is 107 Å². The molecule has 0 aliphatic carbocycles. The molecule has 0 spiro atoms. The second-order valence-electron chi connectivity index (χ2n) is 11.8. The maximum absolute atomic E-state index is 13.7. The predicted octanol–water partition coefficient (Wildman–Crippen LogP) is 5.75. The molecule has 11 heteroatoms. The molecule has 2 fully saturated rings. The van der Waals surface area contributed by atoms with Gasteiger partial charge in [-0.2, -0.15) is 0 Å². The van der Waals surface area contributed by atoms with Gasteiger partial charge in [-0.3, -0.25) is 14.5 Å². The van der Waals surface area contributed by atoms with E-state index in [0.717, 1.165) is 55.6 Å². The lowest BCUT2D eigenvalue weighted by atomic mass is 10.0. The Kier molecular flexibility index (Phi) is 7.43. The smallest absolute Gasteiger partial charge is 0.331 e. The van der Waals surface area contributed by atoms with E-state index < -0.39 is 0 Å². The molecule has 226 valence electrons. The van der Waals surface area contributed by atoms with E-state index in [9.17, 15) is 14.4 Å². The van der Waals surface area contributed by atoms with Crippen molar-refractivity contribution >= 4 is 56.5 Å². The zero-order valence-corrected chi connectivity index (χ0v) is 25.5. The molecule has 0 radical (unpaired) electrons. The molecule has 2 N–H and O–H groups in total. The third kappa shape index (κ3) is 5.26. The number of carbonyl (C=O) groups is 3. The molecule has 3 aliphatic heterocycles. The average molecular weight is 611 g/mol. The van der Waals surface area contributed by atoms with Crippen molar-refractivity contribution in [3.8, 4) is 11.5 Å². The van der Waals surface area contributed by atoms with Crippen molar-refractivity contribution in [2.75, 3.05) is 43.4 Å². The number of para-hydroxylation sites is 1. The van der Waals surface area contributed by atoms with Crippen LogP contribution in [0.5, 0.6) is 11.5 Å². The fraction of sp³-hybridized carbons (Fsp3) is 0.333. The number of hydrogen-bond acceptors (Lipinski definition) is 7. The van der Waals surface area contributed by atoms with Crippen LogP contribution in [0.25, 0.3) is 10.2 Å². The van der Waals surface area contributed by atoms with Gasteiger partial charge in [-0.25, -0.2) is 9.78 Å². The van der Waals surface area contributed by atoms with E-state index in [1.54, 1.807) is 17.2 Å². The van der Waals surface area contributed by atoms with Crippen LogP contribution in [-0.4, -0.2) is 71.9 Å². The molecule has 2 atom stereocenters. The Morgan fingerprint density at radius 2 is 1.86 bits per heavy atom. The first-order valence-electron chi connectivity index (χ1n) is 15.0. The minimum Gasteiger partial charge on any atom is -0.457 e. The number of thiophene rings is 1. The van der Waals surface area contributed by atoms with Crippen molar-refractivity contribution < 1.29 is 19.1 Å². The van der Waals surface area contributed by atoms with E-state index in [1.165, 1.54) is 11.3 Å². The zero-order valence-electron chi connectivity index (χ0n) is 24.7. The molecule has 44 heavy (non-hydrogen) atoms. The third-order valence-electron chi connectivity index (χ3n) is 8.65. The number of benzene rings is 2. The highest BCUT2D eigenvalue weighted by molar-refractivity contribution is 7.21. The fourth-order valence-electron chi connectivity index (χ4n) is 6.49. The molecule has 7 rings (SSSR count). The molecule has 4 aromatic rings. The van der Waals surface area contributed by atoms with Crippen molar-refractivity contribution in [2.45, 2.75) is 32.2 Å². The second-order valence-corrected chi connectivity index (χ2v) is 12.8. The van der Waals surface area contributed by atoms with E-state index in [0.29, 0.717) is 39.1 Å². The number of amides is 4. The lowest BCUT2D eigenvalue weighted by Crippen LogP contribution is -2.51. The SMILES string of the molecule is Cc1cc(Oc2ccccc2)ccc1N1C(=O)Nc2c(C(=O)NC3CCCN(C(=O)[C@H]4CCN(C)C4)C3)sc3nccc1c23. The number of aryl methyl sites for hydroxylation is 1. The summed E-state index contributed by atoms with van der Waals surface area (Å²) in [6.45, 7) is 4.87. The number of rotatable bonds is 6. The minimum atomic E-state index is -0.353. The first-order chi connectivity index (χ1) is 21.4. The summed E-state index contributed by atoms with van der Waals surface area (Å²) in [4.78, 5) is 51.8. The van der Waals surface area contributed by atoms with Gasteiger partial charge < -0.3 is 25.2 Å². The van der Waals surface area contributed by atoms with Crippen LogP contribution in [0.3, 0.4) is 0 Å². The maximum Gasteiger partial charge on any atom is 0.331 e. The Labute approximate surface area is 259 Å². The molecule has 5 heterocycles. The largest absolute Gasteiger partial charge is 0.457 e. The quantitative estimate of drug-likeness (QED) is 0.288. The van der Waals surface area contributed by atoms with Crippen LogP contribution in [0.2, 0.25) is 0 Å². The molecule has 3 aliphatic rings. The molecular weight excluding hydrogens is 576 g/mol. The van der Waals surface area contributed by atoms with Gasteiger partial charge in [0.05, 0.1) is 28.4 Å². The van der Waals surface area contributed by atoms with Crippen LogP contribution in [-0.2, 0) is 4.79 Å². The van der Waals surface area contributed by atoms with E-state index in [2.05, 4.69) is 20.5 Å². The number of pyridine rings is 1. The molecule has 0 bridgehead atoms. The second kappa shape index (κ2) is 11.5. The van der Waals surface area contributed by atoms with Gasteiger partial charge in [-0.15, -0.1) is 11.3 Å². The van der Waals surface area contributed by atoms with Gasteiger partial charge >= 0.3 is 6.03 Å². The van der Waals surface area contributed by atoms with Crippen molar-refractivity contribution in [1.29, 1.82) is 0 Å². The third-order valence-corrected chi connectivity index (χ3v) is 9.75. The number of piperidine rings is 1. The van der Waals surface area contributed by atoms with Gasteiger partial charge in [0.15, 0.2) is 0 Å². The Bertz CT molecular complexity index is 1760. The van der Waals surface area contributed by atoms with Gasteiger partial charge in [0.1, 0.15) is 21.2 Å². The summed E-state index contributed by atoms with van der Waals surface area (Å²) in [5.74, 6) is 1.35. The number of nitrogens with one attached hydrogen (secondary N) is 2. The number of likely N-dealkylation sites (tertiary alicyclic amines) is 2. The molecule has 4 amide bonds. The monoisotopic (exact) mass is 610 g/mol. The highest BCUT2D eigenvalue weighted by Gasteiger charge is 2.36. The number of nitrogens with zero attached hydrogens (tertiary/aromatic N) is 4. The summed E-state index contributed by atoms with van der Waals surface area (Å²) in [7, 11) is 2.04. The number of ether oxygens (including phenoxy) is 1. The van der Waals surface area contributed by atoms with E-state index in [1.807, 2.05) is 67.4 Å². The predicted molar refractivity (Wildman–Crippen MR) is 171 cm³/mol. The highest BCUT2D eigenvalue weighted by atomic mass is 32.1. The summed E-state index contributed by atoms with van der Waals surface area (Å²) in [6, 6.07) is 16.4. The molecule has 2 aromatic carbocycles. The Morgan fingerprint density at radius 1 is 1.02 bits per heavy atom. The van der Waals surface area contributed by atoms with Crippen LogP contribution in [0.1, 0.15) is 34.5 Å². The van der Waals surface area contributed by atoms with Crippen LogP contribution >= 0.6 is 11.3 Å². The number of urea groups is 1. The van der Waals surface area contributed by atoms with Gasteiger partial charge in [-0.05, 0) is 81.7 Å². The first-order valence-corrected chi connectivity index (χ1v) is 15.8. The average Bonchev–Trinajstić information content (AvgIpc) is 3.63. The summed E-state index contributed by atoms with van der Waals surface area (Å²) < 4.78 is 5.99. The molecule has 2 aromatic heterocycles. The maximum atomic E-state index is 13.7. The van der Waals surface area contributed by atoms with E-state index in [-0.39, 0.29) is 29.8 Å². The molecule has 0 saturated carbocycles. The summed E-state index contributed by atoms with van der Waals surface area (Å²) in [5.41, 5.74) is 2.71. The fourth-order valence-corrected chi connectivity index (χ4v) is 7.51. The van der Waals surface area contributed by atoms with Crippen LogP contribution in [0.4, 0.5) is 21.9 Å². The number of hydrogen-bond donors (Lipinski definition) is 2. The molecule has 2 saturated heterocycles. The highest BCUT2D eigenvalue weighted by Crippen LogP contribution is 2.46. The summed E-state index contributed by atoms with van der Waals surface area (Å²) in [5, 5.41) is 6.87. The van der Waals surface area contributed by atoms with Gasteiger partial charge in [-0.1, -0.05) is 18.2 Å². The Hall–Kier alpha value is -4.48. The lowest BCUT2D eigenvalue weighted by molar-refractivity contribution is -0.136. The van der Waals surface area contributed by atoms with Crippen LogP contribution in [0, 0.1) is 12.8 Å². The number of carbonyl (C=O) groups excluding carboxylic acids is 3. The van der Waals surface area contributed by atoms with Crippen molar-refractivity contribution in [3.05, 3.63) is 71.2 Å². The summed E-state index contributed by atoms with van der Waals surface area (Å²) in [6.07, 6.45) is 4.18. The molecule has 1 unspecified atom stereocenters. The minimum absolute atomic E-state index is 0.0281. The van der Waals surface area contributed by atoms with Gasteiger partial charge in [0.25, 0.3) is 5.91 Å². The zero-order chi connectivity index (χ0) is 30.4. The summed E-state index contributed by atoms with van der Waals surface area (Å²) >= 11 is 1.26. The van der Waals surface area contributed by atoms with E-state index >= 15 is 0 Å². The van der Waals surface area contributed by atoms with Crippen molar-refractivity contribution in [3.63, 3.8) is 0 Å². The number of anilines is 3. The lowest BCUT2D eigenvalue weighted by Gasteiger charge is -2.34. The first kappa shape index (κ1) is 28.3. The van der Waals surface area contributed by atoms with Crippen LogP contribution in [0.15, 0.2) is 60.8 Å². The van der Waals surface area contributed by atoms with Crippen LogP contribution < -0.4 is 20.3 Å². The molecular formula is C33H34N6O4S. The van der Waals surface area contributed by atoms with E-state index in [4.69, 9.17) is 4.74 Å². The van der Waals surface area contributed by atoms with Gasteiger partial charge in [0, 0.05) is 31.9 Å². The Balaban J connectivity index is 1.12. The Morgan fingerprint density at radius 3 is 2.64 bits per heavy atom. The van der Waals surface area contributed by atoms with Crippen molar-refractivity contribution in [1.82, 2.24) is 20.1 Å². The van der Waals surface area contributed by atoms with Gasteiger partial charge in [0.2, 0.25) is 5.91 Å². The standard InChI is InChI=1S/C33H34N6O4S/c1-20-17-24(43-23-8-4-3-5-9-23)10-11-25(20)39-26-12-14-34-31-27(26)28(36-33(39)42)29(44-31)30(40)35-22-7-6-15-38(19-22)32(41)21-13-16-37(2)18-21/h3-5,8-12,14,17,21-22H,6-7,13,15-16,18-19H2,1-2H3,(H,35,40)(H,36,42)/t21-,22?/m0/s1. The normalized spacial score (nSPS) is 20.1. The molecule has 10 nitrogen and oxygen atoms in total. The number of aromatic nitrogens is 1. The van der Waals surface area contributed by atoms with Crippen molar-refractivity contribution in [2.24, 2.45) is 5.92 Å².